The van der Waals surface area contributed by atoms with E-state index in [9.17, 15) is 8.42 Å². The quantitative estimate of drug-likeness (QED) is 0.566. The number of nitrogens with zero attached hydrogens (tertiary/aromatic N) is 2. The second-order valence-corrected chi connectivity index (χ2v) is 7.89. The van der Waals surface area contributed by atoms with Crippen LogP contribution in [0.15, 0.2) is 6.20 Å². The molecule has 0 aromatic carbocycles. The summed E-state index contributed by atoms with van der Waals surface area (Å²) in [6, 6.07) is -0.624. The zero-order chi connectivity index (χ0) is 15.6. The minimum atomic E-state index is -3.34. The van der Waals surface area contributed by atoms with Crippen LogP contribution in [0, 0.1) is 0 Å². The van der Waals surface area contributed by atoms with Crippen LogP contribution in [0.5, 0.6) is 5.75 Å². The van der Waals surface area contributed by atoms with Crippen molar-refractivity contribution in [3.05, 3.63) is 11.9 Å². The molecule has 1 rings (SSSR count). The predicted molar refractivity (Wildman–Crippen MR) is 78.1 cm³/mol. The maximum absolute atomic E-state index is 12.1. The molecular weight excluding hydrogens is 280 g/mol. The van der Waals surface area contributed by atoms with Gasteiger partial charge in [-0.1, -0.05) is 6.92 Å². The molecule has 1 aromatic heterocycles. The van der Waals surface area contributed by atoms with E-state index in [1.165, 1.54) is 13.4 Å². The molecule has 0 bridgehead atoms. The normalized spacial score (nSPS) is 14.3. The van der Waals surface area contributed by atoms with Gasteiger partial charge in [-0.25, -0.2) is 13.8 Å². The Morgan fingerprint density at radius 1 is 1.55 bits per heavy atom. The Hall–Kier alpha value is -1.12. The van der Waals surface area contributed by atoms with Crippen LogP contribution in [0.3, 0.4) is 0 Å². The second-order valence-electron chi connectivity index (χ2n) is 5.30. The Balaban J connectivity index is 3.42. The van der Waals surface area contributed by atoms with Crippen LogP contribution in [0.2, 0.25) is 0 Å². The average molecular weight is 304 g/mol. The van der Waals surface area contributed by atoms with Crippen molar-refractivity contribution in [3.63, 3.8) is 0 Å². The molecule has 0 saturated carbocycles. The molecular formula is C12H24N4O3S. The molecule has 0 aliphatic heterocycles. The maximum Gasteiger partial charge on any atom is 0.161 e. The fraction of sp³-hybridized carbons (Fsp3) is 0.750. The molecule has 0 aliphatic rings. The van der Waals surface area contributed by atoms with Gasteiger partial charge in [0.25, 0.3) is 0 Å². The smallest absolute Gasteiger partial charge is 0.161 e. The first kappa shape index (κ1) is 16.9. The number of hydrogen-bond donors (Lipinski definition) is 2. The largest absolute Gasteiger partial charge is 0.493 e. The fourth-order valence-electron chi connectivity index (χ4n) is 2.04. The summed E-state index contributed by atoms with van der Waals surface area (Å²) in [5.74, 6) is 6.15. The Labute approximate surface area is 120 Å². The lowest BCUT2D eigenvalue weighted by Crippen LogP contribution is -2.48. The maximum atomic E-state index is 12.1. The minimum Gasteiger partial charge on any atom is -0.493 e. The number of rotatable bonds is 7. The van der Waals surface area contributed by atoms with E-state index in [0.29, 0.717) is 18.0 Å². The van der Waals surface area contributed by atoms with Crippen LogP contribution < -0.4 is 16.0 Å². The number of aromatic nitrogens is 2. The van der Waals surface area contributed by atoms with Crippen LogP contribution in [-0.2, 0) is 16.4 Å². The molecule has 8 heteroatoms. The first-order valence-corrected chi connectivity index (χ1v) is 8.35. The van der Waals surface area contributed by atoms with Crippen LogP contribution in [0.25, 0.3) is 0 Å². The van der Waals surface area contributed by atoms with Crippen LogP contribution >= 0.6 is 0 Å². The molecule has 1 unspecified atom stereocenters. The predicted octanol–water partition coefficient (Wildman–Crippen LogP) is 0.629. The van der Waals surface area contributed by atoms with Gasteiger partial charge < -0.3 is 4.74 Å². The molecule has 0 aliphatic carbocycles. The van der Waals surface area contributed by atoms with Crippen molar-refractivity contribution in [1.29, 1.82) is 0 Å². The summed E-state index contributed by atoms with van der Waals surface area (Å²) < 4.78 is 30.0. The molecule has 0 amide bonds. The Kier molecular flexibility index (Phi) is 5.17. The highest BCUT2D eigenvalue weighted by Crippen LogP contribution is 2.36. The highest BCUT2D eigenvalue weighted by Gasteiger charge is 2.42. The van der Waals surface area contributed by atoms with Gasteiger partial charge in [0.2, 0.25) is 0 Å². The van der Waals surface area contributed by atoms with E-state index in [2.05, 4.69) is 10.5 Å². The van der Waals surface area contributed by atoms with E-state index in [-0.39, 0.29) is 0 Å². The van der Waals surface area contributed by atoms with Gasteiger partial charge >= 0.3 is 0 Å². The zero-order valence-electron chi connectivity index (χ0n) is 12.7. The summed E-state index contributed by atoms with van der Waals surface area (Å²) in [6.45, 7) is 5.95. The second kappa shape index (κ2) is 6.11. The van der Waals surface area contributed by atoms with Crippen molar-refractivity contribution in [2.45, 2.75) is 44.5 Å². The van der Waals surface area contributed by atoms with E-state index >= 15 is 0 Å². The van der Waals surface area contributed by atoms with Crippen LogP contribution in [0.1, 0.15) is 38.9 Å². The molecule has 0 fully saturated rings. The first-order valence-electron chi connectivity index (χ1n) is 6.46. The number of ether oxygens (including phenoxy) is 1. The summed E-state index contributed by atoms with van der Waals surface area (Å²) in [5, 5.41) is 4.24. The highest BCUT2D eigenvalue weighted by molar-refractivity contribution is 7.92. The molecule has 1 heterocycles. The number of hydrazine groups is 1. The topological polar surface area (TPSA) is 99.2 Å². The van der Waals surface area contributed by atoms with Crippen molar-refractivity contribution in [2.75, 3.05) is 13.4 Å². The van der Waals surface area contributed by atoms with Crippen molar-refractivity contribution >= 4 is 9.84 Å². The average Bonchev–Trinajstić information content (AvgIpc) is 2.72. The van der Waals surface area contributed by atoms with E-state index in [1.807, 2.05) is 6.92 Å². The van der Waals surface area contributed by atoms with Gasteiger partial charge in [-0.2, -0.15) is 5.10 Å². The first-order chi connectivity index (χ1) is 9.20. The Morgan fingerprint density at radius 2 is 2.15 bits per heavy atom. The molecule has 1 atom stereocenters. The molecule has 3 N–H and O–H groups in total. The van der Waals surface area contributed by atoms with Crippen molar-refractivity contribution in [2.24, 2.45) is 5.84 Å². The number of hydrogen-bond acceptors (Lipinski definition) is 6. The highest BCUT2D eigenvalue weighted by atomic mass is 32.2. The van der Waals surface area contributed by atoms with Crippen molar-refractivity contribution < 1.29 is 13.2 Å². The van der Waals surface area contributed by atoms with Gasteiger partial charge in [-0.05, 0) is 20.3 Å². The zero-order valence-corrected chi connectivity index (χ0v) is 13.5. The molecule has 7 nitrogen and oxygen atoms in total. The third kappa shape index (κ3) is 2.97. The van der Waals surface area contributed by atoms with E-state index in [0.717, 1.165) is 6.42 Å². The fourth-order valence-corrected chi connectivity index (χ4v) is 2.65. The SMILES string of the molecule is CCCn1ncc(OC)c1C(NN)C(C)(C)S(C)(=O)=O. The third-order valence-corrected chi connectivity index (χ3v) is 5.74. The minimum absolute atomic E-state index is 0.526. The number of methoxy groups -OCH3 is 1. The van der Waals surface area contributed by atoms with Crippen molar-refractivity contribution in [3.8, 4) is 5.75 Å². The lowest BCUT2D eigenvalue weighted by Gasteiger charge is -2.32. The summed E-state index contributed by atoms with van der Waals surface area (Å²) in [7, 11) is -1.81. The third-order valence-electron chi connectivity index (χ3n) is 3.59. The lowest BCUT2D eigenvalue weighted by molar-refractivity contribution is 0.361. The molecule has 1 aromatic rings. The number of nitrogens with two attached hydrogens (primary N) is 1. The standard InChI is InChI=1S/C12H24N4O3S/c1-6-7-16-10(9(19-4)8-14-16)11(15-13)12(2,3)20(5,17)18/h8,11,15H,6-7,13H2,1-5H3. The Bertz CT molecular complexity index is 551. The number of nitrogens with one attached hydrogen (secondary N) is 1. The van der Waals surface area contributed by atoms with E-state index in [4.69, 9.17) is 10.6 Å². The molecule has 116 valence electrons. The monoisotopic (exact) mass is 304 g/mol. The van der Waals surface area contributed by atoms with E-state index in [1.54, 1.807) is 24.7 Å². The number of aryl methyl sites for hydroxylation is 1. The van der Waals surface area contributed by atoms with Gasteiger partial charge in [0.15, 0.2) is 15.6 Å². The molecule has 0 saturated heterocycles. The van der Waals surface area contributed by atoms with Gasteiger partial charge in [0.1, 0.15) is 5.69 Å². The van der Waals surface area contributed by atoms with Crippen LogP contribution in [0.4, 0.5) is 0 Å². The van der Waals surface area contributed by atoms with Gasteiger partial charge in [0, 0.05) is 12.8 Å². The molecule has 0 spiro atoms. The van der Waals surface area contributed by atoms with Crippen LogP contribution in [-0.4, -0.2) is 36.3 Å². The summed E-state index contributed by atoms with van der Waals surface area (Å²) in [5.41, 5.74) is 3.25. The van der Waals surface area contributed by atoms with Gasteiger partial charge in [-0.3, -0.25) is 10.5 Å². The van der Waals surface area contributed by atoms with E-state index < -0.39 is 20.6 Å². The summed E-state index contributed by atoms with van der Waals surface area (Å²) in [6.07, 6.45) is 3.65. The summed E-state index contributed by atoms with van der Waals surface area (Å²) >= 11 is 0. The molecule has 20 heavy (non-hydrogen) atoms. The number of sulfone groups is 1. The summed E-state index contributed by atoms with van der Waals surface area (Å²) in [4.78, 5) is 0. The van der Waals surface area contributed by atoms with Crippen molar-refractivity contribution in [1.82, 2.24) is 15.2 Å². The van der Waals surface area contributed by atoms with Gasteiger partial charge in [0.05, 0.1) is 24.1 Å². The Morgan fingerprint density at radius 3 is 2.55 bits per heavy atom. The molecule has 0 radical (unpaired) electrons. The van der Waals surface area contributed by atoms with Gasteiger partial charge in [-0.15, -0.1) is 0 Å². The lowest BCUT2D eigenvalue weighted by atomic mass is 10.00.